The van der Waals surface area contributed by atoms with Gasteiger partial charge in [-0.15, -0.1) is 11.3 Å². The number of nitrogens with one attached hydrogen (secondary N) is 2. The van der Waals surface area contributed by atoms with Crippen LogP contribution in [-0.2, 0) is 14.3 Å². The number of alkyl carbamates (subject to hydrolysis) is 1. The predicted octanol–water partition coefficient (Wildman–Crippen LogP) is 3.91. The van der Waals surface area contributed by atoms with Gasteiger partial charge in [0.25, 0.3) is 0 Å². The minimum absolute atomic E-state index is 0.0385. The lowest BCUT2D eigenvalue weighted by Gasteiger charge is -2.43. The molecule has 12 heteroatoms. The first-order valence-corrected chi connectivity index (χ1v) is 15.1. The molecule has 3 amide bonds. The Morgan fingerprint density at radius 2 is 1.90 bits per heavy atom. The first-order chi connectivity index (χ1) is 18.8. The van der Waals surface area contributed by atoms with Crippen molar-refractivity contribution in [3.63, 3.8) is 0 Å². The molecule has 40 heavy (non-hydrogen) atoms. The number of hydrogen-bond donors (Lipinski definition) is 3. The molecule has 1 unspecified atom stereocenters. The van der Waals surface area contributed by atoms with E-state index in [4.69, 9.17) is 4.74 Å². The van der Waals surface area contributed by atoms with Crippen LogP contribution in [0.3, 0.4) is 0 Å². The van der Waals surface area contributed by atoms with Gasteiger partial charge in [-0.05, 0) is 58.5 Å². The number of carbonyl (C=O) groups is 4. The van der Waals surface area contributed by atoms with Crippen molar-refractivity contribution in [2.75, 3.05) is 27.2 Å². The summed E-state index contributed by atoms with van der Waals surface area (Å²) in [6.45, 7) is 12.8. The molecule has 11 nitrogen and oxygen atoms in total. The first kappa shape index (κ1) is 33.5. The van der Waals surface area contributed by atoms with Crippen LogP contribution < -0.4 is 10.6 Å². The van der Waals surface area contributed by atoms with Gasteiger partial charge in [0.1, 0.15) is 11.0 Å². The number of piperidine rings is 1. The molecule has 5 atom stereocenters. The van der Waals surface area contributed by atoms with Gasteiger partial charge in [0, 0.05) is 31.4 Å². The van der Waals surface area contributed by atoms with Crippen molar-refractivity contribution in [1.82, 2.24) is 25.4 Å². The second-order valence-corrected chi connectivity index (χ2v) is 12.2. The molecule has 0 aromatic carbocycles. The highest BCUT2D eigenvalue weighted by Crippen LogP contribution is 2.31. The van der Waals surface area contributed by atoms with E-state index in [1.807, 2.05) is 41.7 Å². The van der Waals surface area contributed by atoms with Crippen LogP contribution in [0, 0.1) is 11.8 Å². The highest BCUT2D eigenvalue weighted by molar-refractivity contribution is 7.09. The number of likely N-dealkylation sites (N-methyl/N-ethyl adjacent to an activating group) is 2. The number of hydrogen-bond acceptors (Lipinski definition) is 8. The Kier molecular flexibility index (Phi) is 12.4. The first-order valence-electron chi connectivity index (χ1n) is 14.2. The molecule has 0 radical (unpaired) electrons. The molecular weight excluding hydrogens is 534 g/mol. The fourth-order valence-electron chi connectivity index (χ4n) is 5.05. The molecular formula is C28H47N5O6S. The van der Waals surface area contributed by atoms with Crippen molar-refractivity contribution >= 4 is 35.2 Å². The Morgan fingerprint density at radius 3 is 2.42 bits per heavy atom. The van der Waals surface area contributed by atoms with Gasteiger partial charge < -0.3 is 25.4 Å². The summed E-state index contributed by atoms with van der Waals surface area (Å²) < 4.78 is 5.67. The zero-order valence-electron chi connectivity index (χ0n) is 25.2. The molecule has 1 aromatic rings. The molecule has 1 aliphatic rings. The number of thiazole rings is 1. The zero-order chi connectivity index (χ0) is 30.2. The minimum Gasteiger partial charge on any atom is -0.476 e. The largest absolute Gasteiger partial charge is 0.476 e. The zero-order valence-corrected chi connectivity index (χ0v) is 26.0. The summed E-state index contributed by atoms with van der Waals surface area (Å²) in [4.78, 5) is 59.3. The molecule has 1 fully saturated rings. The van der Waals surface area contributed by atoms with Gasteiger partial charge in [0.15, 0.2) is 11.8 Å². The van der Waals surface area contributed by atoms with Gasteiger partial charge in [0.05, 0.1) is 5.54 Å². The van der Waals surface area contributed by atoms with Crippen LogP contribution in [0.15, 0.2) is 5.38 Å². The maximum Gasteiger partial charge on any atom is 0.407 e. The highest BCUT2D eigenvalue weighted by Gasteiger charge is 2.42. The number of ether oxygens (including phenoxy) is 1. The van der Waals surface area contributed by atoms with Crippen molar-refractivity contribution in [1.29, 1.82) is 0 Å². The summed E-state index contributed by atoms with van der Waals surface area (Å²) in [5, 5.41) is 16.8. The van der Waals surface area contributed by atoms with E-state index in [1.54, 1.807) is 18.9 Å². The van der Waals surface area contributed by atoms with Crippen LogP contribution in [0.2, 0.25) is 0 Å². The van der Waals surface area contributed by atoms with Gasteiger partial charge >= 0.3 is 12.1 Å². The smallest absolute Gasteiger partial charge is 0.407 e. The molecule has 0 aliphatic carbocycles. The number of aromatic carboxylic acids is 1. The van der Waals surface area contributed by atoms with Crippen LogP contribution in [0.25, 0.3) is 0 Å². The van der Waals surface area contributed by atoms with E-state index in [9.17, 15) is 24.3 Å². The van der Waals surface area contributed by atoms with E-state index in [2.05, 4.69) is 20.5 Å². The summed E-state index contributed by atoms with van der Waals surface area (Å²) in [5.74, 6) is -1.68. The predicted molar refractivity (Wildman–Crippen MR) is 154 cm³/mol. The van der Waals surface area contributed by atoms with E-state index in [0.717, 1.165) is 37.1 Å². The minimum atomic E-state index is -1.17. The molecule has 0 saturated carbocycles. The van der Waals surface area contributed by atoms with Gasteiger partial charge in [-0.25, -0.2) is 14.6 Å². The summed E-state index contributed by atoms with van der Waals surface area (Å²) in [6.07, 6.45) is 2.13. The molecule has 1 aliphatic heterocycles. The van der Waals surface area contributed by atoms with Crippen LogP contribution >= 0.6 is 11.3 Å². The third-order valence-corrected chi connectivity index (χ3v) is 9.10. The lowest BCUT2D eigenvalue weighted by molar-refractivity contribution is -0.143. The number of amides is 3. The number of likely N-dealkylation sites (tertiary alicyclic amines) is 1. The van der Waals surface area contributed by atoms with Crippen molar-refractivity contribution in [3.8, 4) is 0 Å². The number of carbonyl (C=O) groups excluding carboxylic acids is 3. The highest BCUT2D eigenvalue weighted by atomic mass is 32.1. The number of carboxylic acid groups (broad SMARTS) is 1. The van der Waals surface area contributed by atoms with E-state index in [-0.39, 0.29) is 41.8 Å². The lowest BCUT2D eigenvalue weighted by Crippen LogP contribution is -2.62. The second kappa shape index (κ2) is 14.8. The number of nitrogens with zero attached hydrogens (tertiary/aromatic N) is 3. The average Bonchev–Trinajstić information content (AvgIpc) is 3.40. The number of carboxylic acids is 1. The normalized spacial score (nSPS) is 20.7. The Labute approximate surface area is 242 Å². The van der Waals surface area contributed by atoms with Crippen LogP contribution in [-0.4, -0.2) is 88.6 Å². The quantitative estimate of drug-likeness (QED) is 0.318. The second-order valence-electron chi connectivity index (χ2n) is 11.3. The summed E-state index contributed by atoms with van der Waals surface area (Å²) in [7, 11) is 3.65. The summed E-state index contributed by atoms with van der Waals surface area (Å²) in [5.41, 5.74) is -0.811. The van der Waals surface area contributed by atoms with Gasteiger partial charge in [-0.3, -0.25) is 14.5 Å². The molecule has 0 bridgehead atoms. The number of rotatable bonds is 13. The monoisotopic (exact) mass is 581 g/mol. The van der Waals surface area contributed by atoms with E-state index < -0.39 is 29.7 Å². The van der Waals surface area contributed by atoms with Crippen molar-refractivity contribution in [3.05, 3.63) is 16.1 Å². The maximum atomic E-state index is 14.0. The Morgan fingerprint density at radius 1 is 1.23 bits per heavy atom. The van der Waals surface area contributed by atoms with Crippen molar-refractivity contribution < 1.29 is 29.0 Å². The third kappa shape index (κ3) is 8.15. The standard InChI is InChI=1S/C28H47N5O6S/c1-9-18(5)22(31-26(37)28(6)13-11-12-14-32(28)7)24(34)33(8)20(17(3)4)15-21(39-27(38)29-10-2)23-30-19(16-40-23)25(35)36/h16-18,20-22H,9-15H2,1-8H3,(H,29,38)(H,31,37)(H,35,36)/t18?,20-,21-,22+,28+/m1/s1. The van der Waals surface area contributed by atoms with Gasteiger partial charge in [-0.2, -0.15) is 0 Å². The number of aromatic nitrogens is 1. The van der Waals surface area contributed by atoms with E-state index in [0.29, 0.717) is 18.0 Å². The SMILES string of the molecule is CCNC(=O)O[C@H](C[C@H](C(C)C)N(C)C(=O)[C@@H](NC(=O)[C@]1(C)CCCCN1C)C(C)CC)c1nc(C(=O)O)cs1. The van der Waals surface area contributed by atoms with Crippen molar-refractivity contribution in [2.24, 2.45) is 11.8 Å². The Bertz CT molecular complexity index is 1030. The third-order valence-electron chi connectivity index (χ3n) is 8.16. The fraction of sp³-hybridized carbons (Fsp3) is 0.750. The topological polar surface area (TPSA) is 141 Å². The Balaban J connectivity index is 2.33. The van der Waals surface area contributed by atoms with Crippen LogP contribution in [0.1, 0.15) is 95.2 Å². The summed E-state index contributed by atoms with van der Waals surface area (Å²) in [6, 6.07) is -1.11. The molecule has 0 spiro atoms. The molecule has 226 valence electrons. The van der Waals surface area contributed by atoms with Crippen LogP contribution in [0.4, 0.5) is 4.79 Å². The van der Waals surface area contributed by atoms with Crippen LogP contribution in [0.5, 0.6) is 0 Å². The van der Waals surface area contributed by atoms with Gasteiger partial charge in [0.2, 0.25) is 11.8 Å². The lowest BCUT2D eigenvalue weighted by atomic mass is 9.86. The van der Waals surface area contributed by atoms with Gasteiger partial charge in [-0.1, -0.05) is 34.1 Å². The maximum absolute atomic E-state index is 14.0. The molecule has 1 aromatic heterocycles. The summed E-state index contributed by atoms with van der Waals surface area (Å²) >= 11 is 1.10. The fourth-order valence-corrected chi connectivity index (χ4v) is 5.88. The Hall–Kier alpha value is -2.73. The molecule has 1 saturated heterocycles. The molecule has 2 heterocycles. The van der Waals surface area contributed by atoms with E-state index >= 15 is 0 Å². The van der Waals surface area contributed by atoms with Crippen molar-refractivity contribution in [2.45, 2.75) is 97.4 Å². The molecule has 3 N–H and O–H groups in total. The average molecular weight is 582 g/mol. The molecule has 2 rings (SSSR count). The van der Waals surface area contributed by atoms with E-state index in [1.165, 1.54) is 5.38 Å².